The molecule has 6 nitrogen and oxygen atoms in total. The van der Waals surface area contributed by atoms with Crippen LogP contribution in [0.15, 0.2) is 16.6 Å². The van der Waals surface area contributed by atoms with Gasteiger partial charge in [-0.3, -0.25) is 10.1 Å². The van der Waals surface area contributed by atoms with Gasteiger partial charge in [0.25, 0.3) is 0 Å². The van der Waals surface area contributed by atoms with Crippen molar-refractivity contribution in [2.75, 3.05) is 13.7 Å². The molecule has 1 N–H and O–H groups in total. The zero-order valence-electron chi connectivity index (χ0n) is 10.9. The van der Waals surface area contributed by atoms with Gasteiger partial charge in [0.15, 0.2) is 0 Å². The van der Waals surface area contributed by atoms with E-state index in [2.05, 4.69) is 15.9 Å². The lowest BCUT2D eigenvalue weighted by Crippen LogP contribution is -2.19. The fourth-order valence-electron chi connectivity index (χ4n) is 1.64. The maximum Gasteiger partial charge on any atom is 0.312 e. The molecule has 0 aromatic heterocycles. The number of halogens is 1. The molecule has 0 aliphatic rings. The van der Waals surface area contributed by atoms with Crippen molar-refractivity contribution in [1.82, 2.24) is 0 Å². The molecule has 0 spiro atoms. The van der Waals surface area contributed by atoms with Crippen LogP contribution >= 0.6 is 15.9 Å². The molecule has 0 aliphatic carbocycles. The highest BCUT2D eigenvalue weighted by Crippen LogP contribution is 2.38. The van der Waals surface area contributed by atoms with Gasteiger partial charge in [-0.1, -0.05) is 15.9 Å². The summed E-state index contributed by atoms with van der Waals surface area (Å²) in [6, 6.07) is 2.95. The fourth-order valence-corrected chi connectivity index (χ4v) is 2.11. The van der Waals surface area contributed by atoms with Crippen LogP contribution in [0.5, 0.6) is 5.75 Å². The van der Waals surface area contributed by atoms with Gasteiger partial charge in [-0.2, -0.15) is 0 Å². The predicted molar refractivity (Wildman–Crippen MR) is 73.4 cm³/mol. The Morgan fingerprint density at radius 1 is 1.47 bits per heavy atom. The number of methoxy groups -OCH3 is 1. The van der Waals surface area contributed by atoms with Crippen molar-refractivity contribution < 1.29 is 19.5 Å². The number of nitro groups is 1. The molecule has 2 unspecified atom stereocenters. The van der Waals surface area contributed by atoms with Crippen molar-refractivity contribution in [2.24, 2.45) is 0 Å². The minimum Gasteiger partial charge on any atom is -0.481 e. The van der Waals surface area contributed by atoms with Crippen LogP contribution in [0.4, 0.5) is 5.69 Å². The number of hydrogen-bond donors (Lipinski definition) is 1. The minimum atomic E-state index is -0.874. The van der Waals surface area contributed by atoms with Crippen LogP contribution in [0, 0.1) is 10.1 Å². The number of nitrogens with zero attached hydrogens (tertiary/aromatic N) is 1. The summed E-state index contributed by atoms with van der Waals surface area (Å²) in [4.78, 5) is 10.5. The van der Waals surface area contributed by atoms with Gasteiger partial charge in [-0.25, -0.2) is 0 Å². The second-order valence-corrected chi connectivity index (χ2v) is 5.08. The van der Waals surface area contributed by atoms with E-state index in [1.54, 1.807) is 13.0 Å². The third kappa shape index (κ3) is 4.15. The van der Waals surface area contributed by atoms with Crippen LogP contribution in [0.1, 0.15) is 25.5 Å². The van der Waals surface area contributed by atoms with E-state index in [1.165, 1.54) is 20.1 Å². The first-order chi connectivity index (χ1) is 8.86. The van der Waals surface area contributed by atoms with Gasteiger partial charge in [0, 0.05) is 23.2 Å². The molecule has 1 rings (SSSR count). The number of ether oxygens (including phenoxy) is 2. The SMILES string of the molecule is COCC(C)Oc1c(C(C)O)cc(Br)cc1[N+](=O)[O-]. The zero-order valence-corrected chi connectivity index (χ0v) is 12.5. The molecule has 0 heterocycles. The quantitative estimate of drug-likeness (QED) is 0.639. The standard InChI is InChI=1S/C12H16BrNO5/c1-7(6-18-3)19-12-10(8(2)15)4-9(13)5-11(12)14(16)17/h4-5,7-8,15H,6H2,1-3H3. The molecular weight excluding hydrogens is 318 g/mol. The van der Waals surface area contributed by atoms with Crippen molar-refractivity contribution in [2.45, 2.75) is 26.1 Å². The normalized spacial score (nSPS) is 13.9. The van der Waals surface area contributed by atoms with E-state index in [0.717, 1.165) is 0 Å². The lowest BCUT2D eigenvalue weighted by molar-refractivity contribution is -0.386. The molecule has 1 aromatic rings. The molecule has 0 aliphatic heterocycles. The predicted octanol–water partition coefficient (Wildman–Crippen LogP) is 2.82. The topological polar surface area (TPSA) is 81.8 Å². The Labute approximate surface area is 119 Å². The average Bonchev–Trinajstić information content (AvgIpc) is 2.30. The van der Waals surface area contributed by atoms with E-state index in [-0.39, 0.29) is 17.5 Å². The summed E-state index contributed by atoms with van der Waals surface area (Å²) in [6.07, 6.45) is -1.23. The van der Waals surface area contributed by atoms with E-state index in [1.807, 2.05) is 0 Å². The Bertz CT molecular complexity index is 464. The molecule has 0 amide bonds. The molecule has 0 bridgehead atoms. The Balaban J connectivity index is 3.27. The summed E-state index contributed by atoms with van der Waals surface area (Å²) in [5.41, 5.74) is 0.178. The van der Waals surface area contributed by atoms with Gasteiger partial charge in [0.1, 0.15) is 6.10 Å². The molecular formula is C12H16BrNO5. The lowest BCUT2D eigenvalue weighted by Gasteiger charge is -2.18. The third-order valence-corrected chi connectivity index (χ3v) is 2.89. The Morgan fingerprint density at radius 3 is 2.58 bits per heavy atom. The molecule has 0 fully saturated rings. The highest BCUT2D eigenvalue weighted by Gasteiger charge is 2.24. The van der Waals surface area contributed by atoms with Crippen LogP contribution in [-0.4, -0.2) is 29.9 Å². The number of aliphatic hydroxyl groups is 1. The summed E-state index contributed by atoms with van der Waals surface area (Å²) >= 11 is 3.18. The van der Waals surface area contributed by atoms with Crippen molar-refractivity contribution in [3.05, 3.63) is 32.3 Å². The molecule has 7 heteroatoms. The van der Waals surface area contributed by atoms with Gasteiger partial charge in [0.2, 0.25) is 5.75 Å². The molecule has 0 radical (unpaired) electrons. The first-order valence-electron chi connectivity index (χ1n) is 5.68. The van der Waals surface area contributed by atoms with Gasteiger partial charge in [-0.15, -0.1) is 0 Å². The largest absolute Gasteiger partial charge is 0.481 e. The Morgan fingerprint density at radius 2 is 2.11 bits per heavy atom. The van der Waals surface area contributed by atoms with Gasteiger partial charge >= 0.3 is 5.69 Å². The van der Waals surface area contributed by atoms with Crippen LogP contribution in [-0.2, 0) is 4.74 Å². The highest BCUT2D eigenvalue weighted by atomic mass is 79.9. The van der Waals surface area contributed by atoms with Gasteiger partial charge in [-0.05, 0) is 19.9 Å². The number of nitro benzene ring substituents is 1. The maximum absolute atomic E-state index is 11.1. The van der Waals surface area contributed by atoms with Crippen molar-refractivity contribution in [1.29, 1.82) is 0 Å². The molecule has 0 saturated heterocycles. The number of benzene rings is 1. The molecule has 1 aromatic carbocycles. The van der Waals surface area contributed by atoms with E-state index < -0.39 is 11.0 Å². The van der Waals surface area contributed by atoms with Crippen molar-refractivity contribution >= 4 is 21.6 Å². The Kier molecular flexibility index (Phi) is 5.71. The third-order valence-electron chi connectivity index (χ3n) is 2.43. The van der Waals surface area contributed by atoms with E-state index in [9.17, 15) is 15.2 Å². The molecule has 0 saturated carbocycles. The average molecular weight is 334 g/mol. The van der Waals surface area contributed by atoms with Crippen LogP contribution < -0.4 is 4.74 Å². The second-order valence-electron chi connectivity index (χ2n) is 4.16. The smallest absolute Gasteiger partial charge is 0.312 e. The first-order valence-corrected chi connectivity index (χ1v) is 6.47. The van der Waals surface area contributed by atoms with E-state index in [4.69, 9.17) is 9.47 Å². The summed E-state index contributed by atoms with van der Waals surface area (Å²) in [6.45, 7) is 3.56. The minimum absolute atomic E-state index is 0.0766. The van der Waals surface area contributed by atoms with Crippen LogP contribution in [0.25, 0.3) is 0 Å². The fraction of sp³-hybridized carbons (Fsp3) is 0.500. The van der Waals surface area contributed by atoms with Gasteiger partial charge in [0.05, 0.1) is 17.6 Å². The van der Waals surface area contributed by atoms with Crippen LogP contribution in [0.3, 0.4) is 0 Å². The Hall–Kier alpha value is -1.18. The summed E-state index contributed by atoms with van der Waals surface area (Å²) in [5.74, 6) is 0.0766. The van der Waals surface area contributed by atoms with E-state index >= 15 is 0 Å². The van der Waals surface area contributed by atoms with Crippen molar-refractivity contribution in [3.8, 4) is 5.75 Å². The monoisotopic (exact) mass is 333 g/mol. The first kappa shape index (κ1) is 15.9. The summed E-state index contributed by atoms with van der Waals surface area (Å²) < 4.78 is 11.0. The molecule has 106 valence electrons. The van der Waals surface area contributed by atoms with Crippen LogP contribution in [0.2, 0.25) is 0 Å². The highest BCUT2D eigenvalue weighted by molar-refractivity contribution is 9.10. The second kappa shape index (κ2) is 6.83. The van der Waals surface area contributed by atoms with Gasteiger partial charge < -0.3 is 14.6 Å². The number of hydrogen-bond acceptors (Lipinski definition) is 5. The maximum atomic E-state index is 11.1. The molecule has 2 atom stereocenters. The zero-order chi connectivity index (χ0) is 14.6. The summed E-state index contributed by atoms with van der Waals surface area (Å²) in [5, 5.41) is 20.8. The molecule has 19 heavy (non-hydrogen) atoms. The van der Waals surface area contributed by atoms with Crippen molar-refractivity contribution in [3.63, 3.8) is 0 Å². The lowest BCUT2D eigenvalue weighted by atomic mass is 10.1. The number of rotatable bonds is 6. The van der Waals surface area contributed by atoms with E-state index in [0.29, 0.717) is 16.6 Å². The number of aliphatic hydroxyl groups excluding tert-OH is 1. The summed E-state index contributed by atoms with van der Waals surface area (Å²) in [7, 11) is 1.52.